The summed E-state index contributed by atoms with van der Waals surface area (Å²) in [5, 5.41) is -1.32. The van der Waals surface area contributed by atoms with Gasteiger partial charge in [0.15, 0.2) is 0 Å². The zero-order valence-electron chi connectivity index (χ0n) is 10.6. The summed E-state index contributed by atoms with van der Waals surface area (Å²) in [4.78, 5) is 24.1. The minimum absolute atomic E-state index is 0.0985. The molecule has 0 spiro atoms. The van der Waals surface area contributed by atoms with Crippen LogP contribution in [0.25, 0.3) is 0 Å². The van der Waals surface area contributed by atoms with E-state index in [0.29, 0.717) is 5.56 Å². The van der Waals surface area contributed by atoms with Crippen molar-refractivity contribution in [1.82, 2.24) is 0 Å². The lowest BCUT2D eigenvalue weighted by Crippen LogP contribution is -2.46. The number of carbonyl (C=O) groups is 2. The summed E-state index contributed by atoms with van der Waals surface area (Å²) in [5.41, 5.74) is -0.771. The van der Waals surface area contributed by atoms with Gasteiger partial charge in [-0.1, -0.05) is 49.6 Å². The third kappa shape index (κ3) is 2.56. The van der Waals surface area contributed by atoms with Crippen LogP contribution >= 0.6 is 23.2 Å². The van der Waals surface area contributed by atoms with Crippen molar-refractivity contribution < 1.29 is 9.59 Å². The summed E-state index contributed by atoms with van der Waals surface area (Å²) < 4.78 is 0. The summed E-state index contributed by atoms with van der Waals surface area (Å²) >= 11 is 11.6. The lowest BCUT2D eigenvalue weighted by atomic mass is 9.66. The molecule has 1 aromatic rings. The first-order valence-electron chi connectivity index (χ1n) is 6.55. The molecule has 0 aliphatic heterocycles. The van der Waals surface area contributed by atoms with Gasteiger partial charge in [0, 0.05) is 0 Å². The molecule has 2 nitrogen and oxygen atoms in total. The highest BCUT2D eigenvalue weighted by Gasteiger charge is 2.51. The molecular formula is C15H16Cl2O2. The largest absolute Gasteiger partial charge is 0.280 e. The summed E-state index contributed by atoms with van der Waals surface area (Å²) in [6, 6.07) is 8.95. The Hall–Kier alpha value is -0.860. The third-order valence-corrected chi connectivity index (χ3v) is 4.66. The van der Waals surface area contributed by atoms with Crippen LogP contribution in [0.2, 0.25) is 0 Å². The molecule has 0 radical (unpaired) electrons. The Morgan fingerprint density at radius 2 is 1.47 bits per heavy atom. The van der Waals surface area contributed by atoms with E-state index in [9.17, 15) is 9.59 Å². The second-order valence-electron chi connectivity index (χ2n) is 5.06. The van der Waals surface area contributed by atoms with E-state index >= 15 is 0 Å². The SMILES string of the molecule is O=C(Cl)C(C(=O)Cl)(c1ccccc1)C1CCCCC1. The molecule has 4 heteroatoms. The van der Waals surface area contributed by atoms with Gasteiger partial charge in [-0.3, -0.25) is 9.59 Å². The van der Waals surface area contributed by atoms with E-state index in [2.05, 4.69) is 0 Å². The molecule has 1 aliphatic rings. The molecular weight excluding hydrogens is 283 g/mol. The van der Waals surface area contributed by atoms with Gasteiger partial charge in [-0.15, -0.1) is 0 Å². The highest BCUT2D eigenvalue weighted by atomic mass is 35.5. The molecule has 0 aromatic heterocycles. The van der Waals surface area contributed by atoms with Crippen LogP contribution in [0.3, 0.4) is 0 Å². The Morgan fingerprint density at radius 1 is 0.947 bits per heavy atom. The average Bonchev–Trinajstić information content (AvgIpc) is 2.41. The Balaban J connectivity index is 2.53. The first kappa shape index (κ1) is 14.5. The Kier molecular flexibility index (Phi) is 4.64. The van der Waals surface area contributed by atoms with Gasteiger partial charge in [-0.05, 0) is 47.5 Å². The van der Waals surface area contributed by atoms with Gasteiger partial charge in [-0.25, -0.2) is 0 Å². The van der Waals surface area contributed by atoms with Crippen LogP contribution in [0.15, 0.2) is 30.3 Å². The highest BCUT2D eigenvalue weighted by Crippen LogP contribution is 2.44. The monoisotopic (exact) mass is 298 g/mol. The maximum atomic E-state index is 12.1. The summed E-state index contributed by atoms with van der Waals surface area (Å²) in [5.74, 6) is -0.0985. The number of hydrogen-bond donors (Lipinski definition) is 0. The molecule has 1 saturated carbocycles. The van der Waals surface area contributed by atoms with Gasteiger partial charge in [0.25, 0.3) is 0 Å². The first-order chi connectivity index (χ1) is 9.10. The van der Waals surface area contributed by atoms with Gasteiger partial charge < -0.3 is 0 Å². The molecule has 0 unspecified atom stereocenters. The molecule has 102 valence electrons. The molecule has 1 aliphatic carbocycles. The lowest BCUT2D eigenvalue weighted by Gasteiger charge is -2.37. The minimum atomic E-state index is -1.38. The maximum Gasteiger partial charge on any atom is 0.241 e. The Morgan fingerprint density at radius 3 is 1.95 bits per heavy atom. The molecule has 19 heavy (non-hydrogen) atoms. The normalized spacial score (nSPS) is 17.2. The summed E-state index contributed by atoms with van der Waals surface area (Å²) in [7, 11) is 0. The van der Waals surface area contributed by atoms with E-state index in [-0.39, 0.29) is 5.92 Å². The summed E-state index contributed by atoms with van der Waals surface area (Å²) in [6.45, 7) is 0. The maximum absolute atomic E-state index is 12.1. The van der Waals surface area contributed by atoms with Crippen molar-refractivity contribution in [3.05, 3.63) is 35.9 Å². The number of rotatable bonds is 4. The van der Waals surface area contributed by atoms with E-state index < -0.39 is 15.9 Å². The van der Waals surface area contributed by atoms with Crippen molar-refractivity contribution in [3.63, 3.8) is 0 Å². The second kappa shape index (κ2) is 6.06. The predicted molar refractivity (Wildman–Crippen MR) is 76.4 cm³/mol. The topological polar surface area (TPSA) is 34.1 Å². The quantitative estimate of drug-likeness (QED) is 0.621. The Labute approximate surface area is 123 Å². The van der Waals surface area contributed by atoms with Gasteiger partial charge in [0.1, 0.15) is 5.41 Å². The molecule has 0 N–H and O–H groups in total. The number of benzene rings is 1. The molecule has 2 rings (SSSR count). The van der Waals surface area contributed by atoms with Gasteiger partial charge in [-0.2, -0.15) is 0 Å². The fraction of sp³-hybridized carbons (Fsp3) is 0.467. The number of halogens is 2. The van der Waals surface area contributed by atoms with Crippen LogP contribution in [0.4, 0.5) is 0 Å². The van der Waals surface area contributed by atoms with Crippen molar-refractivity contribution >= 4 is 33.7 Å². The van der Waals surface area contributed by atoms with E-state index in [1.54, 1.807) is 24.3 Å². The smallest absolute Gasteiger partial charge is 0.241 e. The highest BCUT2D eigenvalue weighted by molar-refractivity contribution is 6.76. The van der Waals surface area contributed by atoms with Crippen molar-refractivity contribution in [3.8, 4) is 0 Å². The molecule has 0 saturated heterocycles. The van der Waals surface area contributed by atoms with E-state index in [1.165, 1.54) is 0 Å². The van der Waals surface area contributed by atoms with E-state index in [0.717, 1.165) is 32.1 Å². The lowest BCUT2D eigenvalue weighted by molar-refractivity contribution is -0.129. The standard InChI is InChI=1S/C15H16Cl2O2/c16-13(18)15(14(17)19,11-7-3-1-4-8-11)12-9-5-2-6-10-12/h1,3-4,7-8,12H,2,5-6,9-10H2. The van der Waals surface area contributed by atoms with Crippen molar-refractivity contribution in [2.45, 2.75) is 37.5 Å². The van der Waals surface area contributed by atoms with Crippen LogP contribution in [-0.4, -0.2) is 10.5 Å². The molecule has 0 atom stereocenters. The fourth-order valence-electron chi connectivity index (χ4n) is 3.10. The first-order valence-corrected chi connectivity index (χ1v) is 7.31. The van der Waals surface area contributed by atoms with Crippen molar-refractivity contribution in [2.75, 3.05) is 0 Å². The van der Waals surface area contributed by atoms with Crippen LogP contribution in [0.1, 0.15) is 37.7 Å². The van der Waals surface area contributed by atoms with Crippen LogP contribution < -0.4 is 0 Å². The third-order valence-electron chi connectivity index (χ3n) is 4.07. The second-order valence-corrected chi connectivity index (χ2v) is 5.74. The predicted octanol–water partition coefficient (Wildman–Crippen LogP) is 4.04. The number of hydrogen-bond acceptors (Lipinski definition) is 2. The van der Waals surface area contributed by atoms with Gasteiger partial charge in [0.05, 0.1) is 0 Å². The number of carbonyl (C=O) groups excluding carboxylic acids is 2. The van der Waals surface area contributed by atoms with Crippen molar-refractivity contribution in [1.29, 1.82) is 0 Å². The van der Waals surface area contributed by atoms with Gasteiger partial charge in [0.2, 0.25) is 10.5 Å². The van der Waals surface area contributed by atoms with Crippen LogP contribution in [0.5, 0.6) is 0 Å². The van der Waals surface area contributed by atoms with Gasteiger partial charge >= 0.3 is 0 Å². The van der Waals surface area contributed by atoms with Crippen molar-refractivity contribution in [2.24, 2.45) is 5.92 Å². The average molecular weight is 299 g/mol. The fourth-order valence-corrected chi connectivity index (χ4v) is 3.84. The van der Waals surface area contributed by atoms with Crippen LogP contribution in [0, 0.1) is 5.92 Å². The Bertz CT molecular complexity index is 450. The molecule has 1 fully saturated rings. The zero-order chi connectivity index (χ0) is 13.9. The summed E-state index contributed by atoms with van der Waals surface area (Å²) in [6.07, 6.45) is 4.77. The molecule has 0 amide bonds. The zero-order valence-corrected chi connectivity index (χ0v) is 12.1. The van der Waals surface area contributed by atoms with Crippen LogP contribution in [-0.2, 0) is 15.0 Å². The molecule has 0 bridgehead atoms. The minimum Gasteiger partial charge on any atom is -0.280 e. The molecule has 0 heterocycles. The van der Waals surface area contributed by atoms with E-state index in [4.69, 9.17) is 23.2 Å². The van der Waals surface area contributed by atoms with E-state index in [1.807, 2.05) is 6.07 Å². The molecule has 1 aromatic carbocycles.